The molecule has 1 heterocycles. The first-order chi connectivity index (χ1) is 6.29. The second-order valence-corrected chi connectivity index (χ2v) is 3.47. The average Bonchev–Trinajstić information content (AvgIpc) is 2.13. The van der Waals surface area contributed by atoms with Crippen LogP contribution in [-0.4, -0.2) is 18.8 Å². The summed E-state index contributed by atoms with van der Waals surface area (Å²) in [5.41, 5.74) is 6.89. The Morgan fingerprint density at radius 3 is 2.46 bits per heavy atom. The van der Waals surface area contributed by atoms with Gasteiger partial charge >= 0.3 is 0 Å². The molecule has 0 unspecified atom stereocenters. The van der Waals surface area contributed by atoms with Crippen molar-refractivity contribution in [2.45, 2.75) is 5.54 Å². The van der Waals surface area contributed by atoms with E-state index in [4.69, 9.17) is 10.5 Å². The SMILES string of the molecule is NC1(/C=C/c2ccccc2)COC1. The lowest BCUT2D eigenvalue weighted by Gasteiger charge is -2.34. The van der Waals surface area contributed by atoms with Crippen LogP contribution in [0, 0.1) is 0 Å². The maximum absolute atomic E-state index is 5.94. The van der Waals surface area contributed by atoms with E-state index < -0.39 is 0 Å². The lowest BCUT2D eigenvalue weighted by Crippen LogP contribution is -2.55. The largest absolute Gasteiger partial charge is 0.377 e. The summed E-state index contributed by atoms with van der Waals surface area (Å²) in [4.78, 5) is 0. The van der Waals surface area contributed by atoms with Crippen molar-refractivity contribution in [1.29, 1.82) is 0 Å². The van der Waals surface area contributed by atoms with E-state index in [1.165, 1.54) is 5.56 Å². The second-order valence-electron chi connectivity index (χ2n) is 3.47. The van der Waals surface area contributed by atoms with Crippen molar-refractivity contribution in [3.05, 3.63) is 42.0 Å². The standard InChI is InChI=1S/C11H13NO/c12-11(8-13-9-11)7-6-10-4-2-1-3-5-10/h1-7H,8-9,12H2/b7-6+. The Morgan fingerprint density at radius 1 is 1.23 bits per heavy atom. The highest BCUT2D eigenvalue weighted by Crippen LogP contribution is 2.16. The van der Waals surface area contributed by atoms with Crippen molar-refractivity contribution < 1.29 is 4.74 Å². The van der Waals surface area contributed by atoms with E-state index in [2.05, 4.69) is 12.1 Å². The Kier molecular flexibility index (Phi) is 2.17. The van der Waals surface area contributed by atoms with E-state index >= 15 is 0 Å². The van der Waals surface area contributed by atoms with Gasteiger partial charge in [0.2, 0.25) is 0 Å². The summed E-state index contributed by atoms with van der Waals surface area (Å²) in [5.74, 6) is 0. The molecule has 1 aliphatic heterocycles. The van der Waals surface area contributed by atoms with Crippen molar-refractivity contribution in [2.75, 3.05) is 13.2 Å². The van der Waals surface area contributed by atoms with Crippen LogP contribution in [0.1, 0.15) is 5.56 Å². The molecule has 13 heavy (non-hydrogen) atoms. The minimum atomic E-state index is -0.226. The molecule has 2 N–H and O–H groups in total. The predicted molar refractivity (Wildman–Crippen MR) is 53.2 cm³/mol. The molecule has 0 saturated carbocycles. The highest BCUT2D eigenvalue weighted by atomic mass is 16.5. The van der Waals surface area contributed by atoms with E-state index in [1.807, 2.05) is 30.4 Å². The molecule has 0 bridgehead atoms. The van der Waals surface area contributed by atoms with Gasteiger partial charge in [-0.25, -0.2) is 0 Å². The molecule has 1 aliphatic rings. The molecule has 0 aromatic heterocycles. The molecule has 2 nitrogen and oxygen atoms in total. The van der Waals surface area contributed by atoms with Crippen LogP contribution < -0.4 is 5.73 Å². The molecule has 1 aromatic rings. The fourth-order valence-corrected chi connectivity index (χ4v) is 1.26. The molecule has 0 radical (unpaired) electrons. The summed E-state index contributed by atoms with van der Waals surface area (Å²) in [5, 5.41) is 0. The smallest absolute Gasteiger partial charge is 0.0817 e. The lowest BCUT2D eigenvalue weighted by molar-refractivity contribution is -0.0275. The van der Waals surface area contributed by atoms with Gasteiger partial charge in [-0.15, -0.1) is 0 Å². The van der Waals surface area contributed by atoms with Crippen LogP contribution >= 0.6 is 0 Å². The fourth-order valence-electron chi connectivity index (χ4n) is 1.26. The van der Waals surface area contributed by atoms with Gasteiger partial charge in [0.25, 0.3) is 0 Å². The Bertz CT molecular complexity index is 301. The zero-order valence-electron chi connectivity index (χ0n) is 7.44. The summed E-state index contributed by atoms with van der Waals surface area (Å²) in [6.45, 7) is 1.27. The van der Waals surface area contributed by atoms with Gasteiger partial charge in [0.15, 0.2) is 0 Å². The Morgan fingerprint density at radius 2 is 1.92 bits per heavy atom. The summed E-state index contributed by atoms with van der Waals surface area (Å²) in [7, 11) is 0. The zero-order valence-corrected chi connectivity index (χ0v) is 7.44. The van der Waals surface area contributed by atoms with Crippen molar-refractivity contribution in [3.8, 4) is 0 Å². The van der Waals surface area contributed by atoms with Gasteiger partial charge in [-0.3, -0.25) is 0 Å². The van der Waals surface area contributed by atoms with Gasteiger partial charge in [0, 0.05) is 0 Å². The monoisotopic (exact) mass is 175 g/mol. The number of hydrogen-bond donors (Lipinski definition) is 1. The van der Waals surface area contributed by atoms with Crippen molar-refractivity contribution >= 4 is 6.08 Å². The minimum absolute atomic E-state index is 0.226. The molecule has 0 amide bonds. The van der Waals surface area contributed by atoms with Crippen LogP contribution in [0.2, 0.25) is 0 Å². The highest BCUT2D eigenvalue weighted by molar-refractivity contribution is 5.50. The van der Waals surface area contributed by atoms with Crippen LogP contribution in [0.3, 0.4) is 0 Å². The topological polar surface area (TPSA) is 35.2 Å². The van der Waals surface area contributed by atoms with E-state index in [0.29, 0.717) is 13.2 Å². The molecule has 2 heteroatoms. The Balaban J connectivity index is 2.05. The number of hydrogen-bond acceptors (Lipinski definition) is 2. The summed E-state index contributed by atoms with van der Waals surface area (Å²) in [6, 6.07) is 10.1. The van der Waals surface area contributed by atoms with Crippen LogP contribution in [0.5, 0.6) is 0 Å². The van der Waals surface area contributed by atoms with Gasteiger partial charge in [-0.05, 0) is 5.56 Å². The molecular formula is C11H13NO. The van der Waals surface area contributed by atoms with Crippen molar-refractivity contribution in [2.24, 2.45) is 5.73 Å². The first-order valence-electron chi connectivity index (χ1n) is 4.39. The van der Waals surface area contributed by atoms with E-state index in [-0.39, 0.29) is 5.54 Å². The number of nitrogens with two attached hydrogens (primary N) is 1. The molecule has 0 spiro atoms. The predicted octanol–water partition coefficient (Wildman–Crippen LogP) is 1.43. The second kappa shape index (κ2) is 3.32. The summed E-state index contributed by atoms with van der Waals surface area (Å²) < 4.78 is 5.05. The minimum Gasteiger partial charge on any atom is -0.377 e. The summed E-state index contributed by atoms with van der Waals surface area (Å²) in [6.07, 6.45) is 4.06. The highest BCUT2D eigenvalue weighted by Gasteiger charge is 2.30. The number of ether oxygens (including phenoxy) is 1. The maximum atomic E-state index is 5.94. The third-order valence-corrected chi connectivity index (χ3v) is 2.15. The van der Waals surface area contributed by atoms with E-state index in [9.17, 15) is 0 Å². The third kappa shape index (κ3) is 1.97. The molecule has 1 saturated heterocycles. The first-order valence-corrected chi connectivity index (χ1v) is 4.39. The molecule has 0 aliphatic carbocycles. The summed E-state index contributed by atoms with van der Waals surface area (Å²) >= 11 is 0. The first kappa shape index (κ1) is 8.48. The van der Waals surface area contributed by atoms with Gasteiger partial charge in [0.1, 0.15) is 0 Å². The van der Waals surface area contributed by atoms with Crippen LogP contribution in [0.15, 0.2) is 36.4 Å². The Hall–Kier alpha value is -1.12. The molecule has 2 rings (SSSR count). The number of benzene rings is 1. The molecule has 68 valence electrons. The normalized spacial score (nSPS) is 20.1. The van der Waals surface area contributed by atoms with Crippen LogP contribution in [-0.2, 0) is 4.74 Å². The van der Waals surface area contributed by atoms with Gasteiger partial charge < -0.3 is 10.5 Å². The van der Waals surface area contributed by atoms with Gasteiger partial charge in [0.05, 0.1) is 18.8 Å². The average molecular weight is 175 g/mol. The van der Waals surface area contributed by atoms with Crippen molar-refractivity contribution in [3.63, 3.8) is 0 Å². The number of rotatable bonds is 2. The molecule has 0 atom stereocenters. The van der Waals surface area contributed by atoms with E-state index in [1.54, 1.807) is 0 Å². The van der Waals surface area contributed by atoms with Crippen LogP contribution in [0.4, 0.5) is 0 Å². The van der Waals surface area contributed by atoms with Crippen molar-refractivity contribution in [1.82, 2.24) is 0 Å². The maximum Gasteiger partial charge on any atom is 0.0817 e. The van der Waals surface area contributed by atoms with Gasteiger partial charge in [-0.2, -0.15) is 0 Å². The molecule has 1 fully saturated rings. The Labute approximate surface area is 78.0 Å². The van der Waals surface area contributed by atoms with E-state index in [0.717, 1.165) is 0 Å². The zero-order chi connectivity index (χ0) is 9.15. The molecular weight excluding hydrogens is 162 g/mol. The van der Waals surface area contributed by atoms with Crippen LogP contribution in [0.25, 0.3) is 6.08 Å². The quantitative estimate of drug-likeness (QED) is 0.738. The lowest BCUT2D eigenvalue weighted by atomic mass is 9.97. The fraction of sp³-hybridized carbons (Fsp3) is 0.273. The van der Waals surface area contributed by atoms with Gasteiger partial charge in [-0.1, -0.05) is 42.5 Å². The third-order valence-electron chi connectivity index (χ3n) is 2.15. The molecule has 1 aromatic carbocycles.